The number of β-amino-alcohol motifs (C(OH)–C–C–N with tert-alkyl or cyclic N) is 1. The minimum absolute atomic E-state index is 0.0945. The first kappa shape index (κ1) is 25.0. The van der Waals surface area contributed by atoms with E-state index >= 15 is 0 Å². The Labute approximate surface area is 204 Å². The van der Waals surface area contributed by atoms with E-state index < -0.39 is 11.7 Å². The van der Waals surface area contributed by atoms with Crippen LogP contribution in [-0.2, 0) is 13.1 Å². The molecule has 0 aliphatic carbocycles. The van der Waals surface area contributed by atoms with Gasteiger partial charge in [0.2, 0.25) is 0 Å². The quantitative estimate of drug-likeness (QED) is 0.457. The van der Waals surface area contributed by atoms with Crippen LogP contribution >= 0.6 is 0 Å². The molecule has 1 aliphatic rings. The summed E-state index contributed by atoms with van der Waals surface area (Å²) in [5.41, 5.74) is 0.0158. The summed E-state index contributed by atoms with van der Waals surface area (Å²) in [5, 5.41) is 21.7. The lowest BCUT2D eigenvalue weighted by atomic mass is 9.90. The largest absolute Gasteiger partial charge is 0.493 e. The third kappa shape index (κ3) is 6.30. The molecule has 0 amide bonds. The minimum Gasteiger partial charge on any atom is -0.493 e. The molecule has 4 rings (SSSR count). The molecular weight excluding hydrogens is 453 g/mol. The van der Waals surface area contributed by atoms with Gasteiger partial charge in [0.25, 0.3) is 0 Å². The fourth-order valence-corrected chi connectivity index (χ4v) is 4.21. The van der Waals surface area contributed by atoms with Gasteiger partial charge in [-0.25, -0.2) is 9.37 Å². The summed E-state index contributed by atoms with van der Waals surface area (Å²) >= 11 is 0. The second kappa shape index (κ2) is 11.1. The van der Waals surface area contributed by atoms with E-state index in [2.05, 4.69) is 9.88 Å². The van der Waals surface area contributed by atoms with Crippen LogP contribution in [0.4, 0.5) is 4.39 Å². The Morgan fingerprint density at radius 3 is 2.77 bits per heavy atom. The van der Waals surface area contributed by atoms with Crippen molar-refractivity contribution >= 4 is 0 Å². The van der Waals surface area contributed by atoms with Crippen molar-refractivity contribution < 1.29 is 28.8 Å². The normalized spacial score (nSPS) is 20.5. The van der Waals surface area contributed by atoms with Crippen molar-refractivity contribution in [3.63, 3.8) is 0 Å². The van der Waals surface area contributed by atoms with Crippen LogP contribution < -0.4 is 14.2 Å². The van der Waals surface area contributed by atoms with Gasteiger partial charge >= 0.3 is 0 Å². The molecule has 2 N–H and O–H groups in total. The maximum atomic E-state index is 13.5. The Bertz CT molecular complexity index is 1110. The number of rotatable bonds is 10. The van der Waals surface area contributed by atoms with E-state index in [0.717, 1.165) is 5.56 Å². The summed E-state index contributed by atoms with van der Waals surface area (Å²) in [4.78, 5) is 6.09. The van der Waals surface area contributed by atoms with E-state index in [1.54, 1.807) is 32.6 Å². The van der Waals surface area contributed by atoms with Gasteiger partial charge in [-0.2, -0.15) is 0 Å². The van der Waals surface area contributed by atoms with Gasteiger partial charge in [0.15, 0.2) is 11.5 Å². The molecule has 0 radical (unpaired) electrons. The number of aliphatic hydroxyl groups is 2. The van der Waals surface area contributed by atoms with E-state index in [1.165, 1.54) is 12.1 Å². The maximum Gasteiger partial charge on any atom is 0.161 e. The number of hydrogen-bond acceptors (Lipinski definition) is 7. The average Bonchev–Trinajstić information content (AvgIpc) is 3.37. The molecule has 2 atom stereocenters. The van der Waals surface area contributed by atoms with Crippen LogP contribution in [0.15, 0.2) is 55.1 Å². The molecular formula is C26H32FN3O5. The molecule has 0 unspecified atom stereocenters. The number of hydrogen-bond donors (Lipinski definition) is 2. The summed E-state index contributed by atoms with van der Waals surface area (Å²) in [6, 6.07) is 10.2. The van der Waals surface area contributed by atoms with Gasteiger partial charge in [-0.3, -0.25) is 4.90 Å². The summed E-state index contributed by atoms with van der Waals surface area (Å²) in [5.74, 6) is 1.43. The topological polar surface area (TPSA) is 89.2 Å². The van der Waals surface area contributed by atoms with Crippen molar-refractivity contribution in [1.82, 2.24) is 14.5 Å². The second-order valence-corrected chi connectivity index (χ2v) is 8.95. The standard InChI is InChI=1S/C26H32FN3O5/c1-19-13-21(4-5-22(19)27)35-17-26(32)16-30(9-7-25(26)31)15-20-3-6-23(24(14-20)33-2)34-12-11-29-10-8-28-18-29/h3-6,8,10,13-14,18,25,31-32H,7,9,11-12,15-17H2,1-2H3/t25-,26-/m0/s1. The zero-order chi connectivity index (χ0) is 24.8. The van der Waals surface area contributed by atoms with Crippen molar-refractivity contribution in [3.8, 4) is 17.2 Å². The molecule has 1 aromatic heterocycles. The molecule has 1 aliphatic heterocycles. The number of halogens is 1. The maximum absolute atomic E-state index is 13.5. The zero-order valence-electron chi connectivity index (χ0n) is 20.1. The summed E-state index contributed by atoms with van der Waals surface area (Å²) in [6.07, 6.45) is 4.85. The Kier molecular flexibility index (Phi) is 7.90. The molecule has 1 fully saturated rings. The lowest BCUT2D eigenvalue weighted by Crippen LogP contribution is -2.59. The monoisotopic (exact) mass is 485 g/mol. The number of imidazole rings is 1. The van der Waals surface area contributed by atoms with Crippen LogP contribution in [0.1, 0.15) is 17.5 Å². The summed E-state index contributed by atoms with van der Waals surface area (Å²) in [7, 11) is 1.60. The van der Waals surface area contributed by atoms with Gasteiger partial charge in [0, 0.05) is 32.0 Å². The van der Waals surface area contributed by atoms with E-state index in [9.17, 15) is 14.6 Å². The zero-order valence-corrected chi connectivity index (χ0v) is 20.1. The number of nitrogens with zero attached hydrogens (tertiary/aromatic N) is 3. The van der Waals surface area contributed by atoms with Gasteiger partial charge in [-0.1, -0.05) is 6.07 Å². The predicted molar refractivity (Wildman–Crippen MR) is 128 cm³/mol. The molecule has 3 aromatic rings. The number of aliphatic hydroxyl groups excluding tert-OH is 1. The first-order valence-corrected chi connectivity index (χ1v) is 11.6. The number of methoxy groups -OCH3 is 1. The molecule has 2 heterocycles. The number of piperidine rings is 1. The van der Waals surface area contributed by atoms with Crippen LogP contribution in [0.2, 0.25) is 0 Å². The third-order valence-corrected chi connectivity index (χ3v) is 6.26. The van der Waals surface area contributed by atoms with Crippen molar-refractivity contribution in [2.24, 2.45) is 0 Å². The number of ether oxygens (including phenoxy) is 3. The van der Waals surface area contributed by atoms with E-state index in [0.29, 0.717) is 55.5 Å². The number of aromatic nitrogens is 2. The Hall–Kier alpha value is -3.14. The highest BCUT2D eigenvalue weighted by Crippen LogP contribution is 2.30. The van der Waals surface area contributed by atoms with Crippen LogP contribution in [0.5, 0.6) is 17.2 Å². The molecule has 1 saturated heterocycles. The van der Waals surface area contributed by atoms with E-state index in [1.807, 2.05) is 29.0 Å². The third-order valence-electron chi connectivity index (χ3n) is 6.26. The lowest BCUT2D eigenvalue weighted by Gasteiger charge is -2.42. The second-order valence-electron chi connectivity index (χ2n) is 8.95. The molecule has 0 bridgehead atoms. The molecule has 0 spiro atoms. The Balaban J connectivity index is 1.35. The molecule has 0 saturated carbocycles. The first-order valence-electron chi connectivity index (χ1n) is 11.6. The molecule has 9 heteroatoms. The highest BCUT2D eigenvalue weighted by atomic mass is 19.1. The molecule has 35 heavy (non-hydrogen) atoms. The van der Waals surface area contributed by atoms with Crippen molar-refractivity contribution in [2.75, 3.05) is 33.4 Å². The van der Waals surface area contributed by atoms with E-state index in [-0.39, 0.29) is 19.0 Å². The van der Waals surface area contributed by atoms with Gasteiger partial charge < -0.3 is 29.0 Å². The molecule has 188 valence electrons. The van der Waals surface area contributed by atoms with Gasteiger partial charge in [-0.05, 0) is 54.8 Å². The minimum atomic E-state index is -1.44. The highest BCUT2D eigenvalue weighted by molar-refractivity contribution is 5.43. The summed E-state index contributed by atoms with van der Waals surface area (Å²) < 4.78 is 32.6. The molecule has 2 aromatic carbocycles. The number of aryl methyl sites for hydroxylation is 1. The molecule has 8 nitrogen and oxygen atoms in total. The highest BCUT2D eigenvalue weighted by Gasteiger charge is 2.42. The predicted octanol–water partition coefficient (Wildman–Crippen LogP) is 2.79. The summed E-state index contributed by atoms with van der Waals surface area (Å²) in [6.45, 7) is 4.15. The van der Waals surface area contributed by atoms with Crippen LogP contribution in [0.3, 0.4) is 0 Å². The van der Waals surface area contributed by atoms with Crippen molar-refractivity contribution in [3.05, 3.63) is 72.1 Å². The fourth-order valence-electron chi connectivity index (χ4n) is 4.21. The average molecular weight is 486 g/mol. The first-order chi connectivity index (χ1) is 16.9. The smallest absolute Gasteiger partial charge is 0.161 e. The van der Waals surface area contributed by atoms with Gasteiger partial charge in [0.1, 0.15) is 30.4 Å². The number of benzene rings is 2. The van der Waals surface area contributed by atoms with Crippen LogP contribution in [0, 0.1) is 12.7 Å². The number of likely N-dealkylation sites (tertiary alicyclic amines) is 1. The fraction of sp³-hybridized carbons (Fsp3) is 0.423. The van der Waals surface area contributed by atoms with Crippen molar-refractivity contribution in [2.45, 2.75) is 38.1 Å². The SMILES string of the molecule is COc1cc(CN2CC[C@H](O)[C@@](O)(COc3ccc(F)c(C)c3)C2)ccc1OCCn1ccnc1. The lowest BCUT2D eigenvalue weighted by molar-refractivity contribution is -0.140. The van der Waals surface area contributed by atoms with Gasteiger partial charge in [0.05, 0.1) is 26.1 Å². The van der Waals surface area contributed by atoms with Gasteiger partial charge in [-0.15, -0.1) is 0 Å². The van der Waals surface area contributed by atoms with Crippen molar-refractivity contribution in [1.29, 1.82) is 0 Å². The van der Waals surface area contributed by atoms with E-state index in [4.69, 9.17) is 14.2 Å². The Morgan fingerprint density at radius 1 is 1.17 bits per heavy atom. The van der Waals surface area contributed by atoms with Crippen LogP contribution in [0.25, 0.3) is 0 Å². The van der Waals surface area contributed by atoms with Crippen LogP contribution in [-0.4, -0.2) is 69.8 Å². The Morgan fingerprint density at radius 2 is 2.03 bits per heavy atom.